The summed E-state index contributed by atoms with van der Waals surface area (Å²) in [5.41, 5.74) is 0. The van der Waals surface area contributed by atoms with Gasteiger partial charge in [-0.1, -0.05) is 0 Å². The molecular formula is C10H21N3O4. The zero-order valence-corrected chi connectivity index (χ0v) is 10.5. The molecule has 0 bridgehead atoms. The van der Waals surface area contributed by atoms with Crippen LogP contribution in [0.5, 0.6) is 0 Å². The number of hydrogen-bond acceptors (Lipinski definition) is 4. The smallest absolute Gasteiger partial charge is 0.328 e. The second kappa shape index (κ2) is 7.86. The van der Waals surface area contributed by atoms with Gasteiger partial charge in [-0.3, -0.25) is 0 Å². The maximum Gasteiger partial charge on any atom is 0.328 e. The van der Waals surface area contributed by atoms with Crippen LogP contribution in [-0.4, -0.2) is 78.9 Å². The Bertz CT molecular complexity index is 258. The molecule has 0 rings (SSSR count). The summed E-state index contributed by atoms with van der Waals surface area (Å²) in [6.45, 7) is 0.758. The van der Waals surface area contributed by atoms with E-state index in [1.807, 2.05) is 19.0 Å². The summed E-state index contributed by atoms with van der Waals surface area (Å²) in [5.74, 6) is -1.25. The topological polar surface area (TPSA) is 93.1 Å². The Morgan fingerprint density at radius 1 is 1.24 bits per heavy atom. The molecule has 0 aromatic rings. The van der Waals surface area contributed by atoms with Crippen molar-refractivity contribution in [2.75, 3.05) is 40.8 Å². The molecule has 1 atom stereocenters. The van der Waals surface area contributed by atoms with Crippen molar-refractivity contribution < 1.29 is 19.8 Å². The second-order valence-electron chi connectivity index (χ2n) is 4.10. The Labute approximate surface area is 101 Å². The number of carboxylic acids is 1. The normalized spacial score (nSPS) is 12.3. The first-order valence-corrected chi connectivity index (χ1v) is 5.38. The molecule has 0 spiro atoms. The highest BCUT2D eigenvalue weighted by Gasteiger charge is 2.20. The third-order valence-electron chi connectivity index (χ3n) is 2.22. The van der Waals surface area contributed by atoms with Gasteiger partial charge < -0.3 is 25.3 Å². The van der Waals surface area contributed by atoms with E-state index < -0.39 is 24.6 Å². The molecule has 0 saturated heterocycles. The maximum absolute atomic E-state index is 11.5. The predicted octanol–water partition coefficient (Wildman–Crippen LogP) is -0.975. The quantitative estimate of drug-likeness (QED) is 0.538. The Kier molecular flexibility index (Phi) is 7.24. The van der Waals surface area contributed by atoms with Crippen LogP contribution in [0.2, 0.25) is 0 Å². The molecule has 2 amide bonds. The van der Waals surface area contributed by atoms with E-state index >= 15 is 0 Å². The van der Waals surface area contributed by atoms with Crippen LogP contribution in [0.15, 0.2) is 0 Å². The third-order valence-corrected chi connectivity index (χ3v) is 2.22. The first-order valence-electron chi connectivity index (χ1n) is 5.38. The minimum absolute atomic E-state index is 0.495. The van der Waals surface area contributed by atoms with Gasteiger partial charge in [0.2, 0.25) is 0 Å². The molecule has 7 nitrogen and oxygen atoms in total. The molecule has 0 radical (unpaired) electrons. The van der Waals surface area contributed by atoms with Gasteiger partial charge in [-0.25, -0.2) is 9.59 Å². The van der Waals surface area contributed by atoms with Gasteiger partial charge in [0.1, 0.15) is 0 Å². The average Bonchev–Trinajstić information content (AvgIpc) is 2.24. The average molecular weight is 247 g/mol. The minimum atomic E-state index is -1.25. The maximum atomic E-state index is 11.5. The number of carbonyl (C=O) groups is 2. The van der Waals surface area contributed by atoms with Gasteiger partial charge in [0.05, 0.1) is 6.61 Å². The van der Waals surface area contributed by atoms with E-state index in [9.17, 15) is 9.59 Å². The van der Waals surface area contributed by atoms with Crippen molar-refractivity contribution in [3.05, 3.63) is 0 Å². The summed E-state index contributed by atoms with van der Waals surface area (Å²) in [6, 6.07) is -1.75. The van der Waals surface area contributed by atoms with Crippen molar-refractivity contribution in [3.63, 3.8) is 0 Å². The fourth-order valence-electron chi connectivity index (χ4n) is 1.17. The number of nitrogens with one attached hydrogen (secondary N) is 1. The van der Waals surface area contributed by atoms with Crippen LogP contribution in [0.3, 0.4) is 0 Å². The van der Waals surface area contributed by atoms with Gasteiger partial charge in [0.25, 0.3) is 0 Å². The first kappa shape index (κ1) is 15.7. The lowest BCUT2D eigenvalue weighted by Crippen LogP contribution is -2.48. The van der Waals surface area contributed by atoms with Crippen molar-refractivity contribution in [2.45, 2.75) is 12.5 Å². The number of hydrogen-bond donors (Lipinski definition) is 3. The van der Waals surface area contributed by atoms with Crippen LogP contribution in [0.4, 0.5) is 4.79 Å². The van der Waals surface area contributed by atoms with Gasteiger partial charge in [-0.15, -0.1) is 0 Å². The molecule has 100 valence electrons. The molecule has 0 saturated carbocycles. The molecule has 0 fully saturated rings. The molecule has 0 aliphatic heterocycles. The lowest BCUT2D eigenvalue weighted by molar-refractivity contribution is -0.140. The summed E-state index contributed by atoms with van der Waals surface area (Å²) in [7, 11) is 5.46. The largest absolute Gasteiger partial charge is 0.480 e. The molecular weight excluding hydrogens is 226 g/mol. The summed E-state index contributed by atoms with van der Waals surface area (Å²) < 4.78 is 0. The van der Waals surface area contributed by atoms with Crippen molar-refractivity contribution in [1.82, 2.24) is 15.1 Å². The lowest BCUT2D eigenvalue weighted by atomic mass is 10.3. The van der Waals surface area contributed by atoms with Crippen LogP contribution in [-0.2, 0) is 4.79 Å². The molecule has 0 aliphatic rings. The minimum Gasteiger partial charge on any atom is -0.480 e. The van der Waals surface area contributed by atoms with E-state index in [1.165, 1.54) is 4.90 Å². The van der Waals surface area contributed by atoms with Gasteiger partial charge >= 0.3 is 12.0 Å². The Morgan fingerprint density at radius 3 is 2.24 bits per heavy atom. The highest BCUT2D eigenvalue weighted by Crippen LogP contribution is 1.92. The van der Waals surface area contributed by atoms with E-state index in [0.717, 1.165) is 13.0 Å². The molecule has 7 heteroatoms. The number of aliphatic carboxylic acids is 1. The first-order chi connectivity index (χ1) is 7.88. The third kappa shape index (κ3) is 6.75. The number of nitrogens with zero attached hydrogens (tertiary/aromatic N) is 2. The fourth-order valence-corrected chi connectivity index (χ4v) is 1.17. The Balaban J connectivity index is 4.00. The summed E-state index contributed by atoms with van der Waals surface area (Å²) >= 11 is 0. The number of amides is 2. The number of carbonyl (C=O) groups excluding carboxylic acids is 1. The van der Waals surface area contributed by atoms with Gasteiger partial charge in [0.15, 0.2) is 6.04 Å². The Morgan fingerprint density at radius 2 is 1.82 bits per heavy atom. The van der Waals surface area contributed by atoms with E-state index in [0.29, 0.717) is 6.54 Å². The van der Waals surface area contributed by atoms with Crippen LogP contribution in [0, 0.1) is 0 Å². The zero-order chi connectivity index (χ0) is 13.4. The van der Waals surface area contributed by atoms with Crippen LogP contribution >= 0.6 is 0 Å². The van der Waals surface area contributed by atoms with Crippen molar-refractivity contribution in [3.8, 4) is 0 Å². The van der Waals surface area contributed by atoms with Crippen molar-refractivity contribution in [1.29, 1.82) is 0 Å². The SMILES string of the molecule is CN(C)CCCN(C)C(=O)N[C@H](CO)C(=O)O. The van der Waals surface area contributed by atoms with Crippen LogP contribution in [0.1, 0.15) is 6.42 Å². The summed E-state index contributed by atoms with van der Waals surface area (Å²) in [5, 5.41) is 19.6. The van der Waals surface area contributed by atoms with E-state index in [2.05, 4.69) is 5.32 Å². The molecule has 3 N–H and O–H groups in total. The number of aliphatic hydroxyl groups is 1. The number of carboxylic acid groups (broad SMARTS) is 1. The van der Waals surface area contributed by atoms with Crippen molar-refractivity contribution in [2.24, 2.45) is 0 Å². The van der Waals surface area contributed by atoms with Crippen LogP contribution in [0.25, 0.3) is 0 Å². The molecule has 0 aromatic carbocycles. The molecule has 17 heavy (non-hydrogen) atoms. The fraction of sp³-hybridized carbons (Fsp3) is 0.800. The monoisotopic (exact) mass is 247 g/mol. The van der Waals surface area contributed by atoms with E-state index in [1.54, 1.807) is 7.05 Å². The molecule has 0 heterocycles. The predicted molar refractivity (Wildman–Crippen MR) is 62.8 cm³/mol. The molecule has 0 aliphatic carbocycles. The standard InChI is InChI=1S/C10H21N3O4/c1-12(2)5-4-6-13(3)10(17)11-8(7-14)9(15)16/h8,14H,4-7H2,1-3H3,(H,11,17)(H,15,16)/t8-/m1/s1. The summed E-state index contributed by atoms with van der Waals surface area (Å²) in [4.78, 5) is 25.5. The van der Waals surface area contributed by atoms with Crippen LogP contribution < -0.4 is 5.32 Å². The Hall–Kier alpha value is -1.34. The lowest BCUT2D eigenvalue weighted by Gasteiger charge is -2.21. The second-order valence-corrected chi connectivity index (χ2v) is 4.10. The van der Waals surface area contributed by atoms with Gasteiger partial charge in [-0.2, -0.15) is 0 Å². The van der Waals surface area contributed by atoms with E-state index in [-0.39, 0.29) is 0 Å². The van der Waals surface area contributed by atoms with Gasteiger partial charge in [-0.05, 0) is 27.1 Å². The van der Waals surface area contributed by atoms with Gasteiger partial charge in [0, 0.05) is 13.6 Å². The molecule has 0 unspecified atom stereocenters. The highest BCUT2D eigenvalue weighted by atomic mass is 16.4. The highest BCUT2D eigenvalue weighted by molar-refractivity contribution is 5.82. The number of aliphatic hydroxyl groups excluding tert-OH is 1. The summed E-state index contributed by atoms with van der Waals surface area (Å²) in [6.07, 6.45) is 0.799. The van der Waals surface area contributed by atoms with E-state index in [4.69, 9.17) is 10.2 Å². The number of urea groups is 1. The zero-order valence-electron chi connectivity index (χ0n) is 10.5. The number of rotatable bonds is 7. The molecule has 0 aromatic heterocycles. The van der Waals surface area contributed by atoms with Crippen molar-refractivity contribution >= 4 is 12.0 Å².